The minimum atomic E-state index is -1.20. The van der Waals surface area contributed by atoms with Crippen molar-refractivity contribution in [2.75, 3.05) is 12.3 Å². The minimum absolute atomic E-state index is 0.0632. The third kappa shape index (κ3) is 3.64. The van der Waals surface area contributed by atoms with Crippen molar-refractivity contribution in [3.8, 4) is 0 Å². The van der Waals surface area contributed by atoms with Crippen LogP contribution in [0.15, 0.2) is 40.4 Å². The van der Waals surface area contributed by atoms with Gasteiger partial charge in [0, 0.05) is 23.9 Å². The molecule has 0 saturated carbocycles. The van der Waals surface area contributed by atoms with E-state index in [4.69, 9.17) is 20.5 Å². The summed E-state index contributed by atoms with van der Waals surface area (Å²) < 4.78 is 6.98. The lowest BCUT2D eigenvalue weighted by Crippen LogP contribution is -2.36. The summed E-state index contributed by atoms with van der Waals surface area (Å²) in [5.74, 6) is -1.82. The number of hydrogen-bond donors (Lipinski definition) is 3. The standard InChI is InChI=1S/C20H21N5O7/c1-10-8-24(20(29)23-16(10)21)19-15(26)13(6-7-22-30)14(32-19)9-31-25-17(27)11-4-2-3-5-12(11)18(25)28/h2-5,7-8,13-15,19,26,30H,6,9H2,1H3,(H2,21,23,29)/t13?,14-,15?,19-/m1/s1. The number of fused-ring (bicyclic) bond motifs is 1. The Labute approximate surface area is 181 Å². The molecule has 2 aromatic rings. The van der Waals surface area contributed by atoms with E-state index in [9.17, 15) is 19.5 Å². The Bertz CT molecular complexity index is 1110. The van der Waals surface area contributed by atoms with E-state index in [0.29, 0.717) is 10.6 Å². The first-order valence-electron chi connectivity index (χ1n) is 9.79. The molecule has 168 valence electrons. The predicted octanol–water partition coefficient (Wildman–Crippen LogP) is 0.0863. The van der Waals surface area contributed by atoms with Crippen molar-refractivity contribution in [3.05, 3.63) is 57.6 Å². The average molecular weight is 443 g/mol. The number of carbonyl (C=O) groups is 2. The number of aromatic nitrogens is 2. The first kappa shape index (κ1) is 21.6. The summed E-state index contributed by atoms with van der Waals surface area (Å²) in [5.41, 5.74) is 5.91. The summed E-state index contributed by atoms with van der Waals surface area (Å²) >= 11 is 0. The van der Waals surface area contributed by atoms with Gasteiger partial charge in [0.15, 0.2) is 6.23 Å². The van der Waals surface area contributed by atoms with Crippen molar-refractivity contribution in [1.29, 1.82) is 0 Å². The van der Waals surface area contributed by atoms with Gasteiger partial charge in [-0.05, 0) is 25.5 Å². The summed E-state index contributed by atoms with van der Waals surface area (Å²) in [4.78, 5) is 46.5. The van der Waals surface area contributed by atoms with Crippen LogP contribution in [0.3, 0.4) is 0 Å². The molecule has 2 aliphatic rings. The number of nitrogen functional groups attached to an aromatic ring is 1. The first-order valence-corrected chi connectivity index (χ1v) is 9.79. The number of nitrogens with zero attached hydrogens (tertiary/aromatic N) is 4. The zero-order chi connectivity index (χ0) is 23.0. The second-order valence-corrected chi connectivity index (χ2v) is 7.50. The monoisotopic (exact) mass is 443 g/mol. The fourth-order valence-electron chi connectivity index (χ4n) is 3.84. The molecule has 1 aromatic heterocycles. The first-order chi connectivity index (χ1) is 15.3. The van der Waals surface area contributed by atoms with E-state index in [1.54, 1.807) is 19.1 Å². The van der Waals surface area contributed by atoms with Crippen molar-refractivity contribution in [3.63, 3.8) is 0 Å². The Morgan fingerprint density at radius 2 is 1.91 bits per heavy atom. The van der Waals surface area contributed by atoms with Gasteiger partial charge in [0.05, 0.1) is 17.2 Å². The zero-order valence-corrected chi connectivity index (χ0v) is 17.0. The molecule has 1 fully saturated rings. The molecule has 0 aliphatic carbocycles. The summed E-state index contributed by atoms with van der Waals surface area (Å²) in [6.45, 7) is 1.37. The highest BCUT2D eigenvalue weighted by Gasteiger charge is 2.46. The number of imide groups is 1. The Kier molecular flexibility index (Phi) is 5.74. The molecule has 12 heteroatoms. The third-order valence-corrected chi connectivity index (χ3v) is 5.55. The summed E-state index contributed by atoms with van der Waals surface area (Å²) in [6, 6.07) is 6.32. The van der Waals surface area contributed by atoms with Gasteiger partial charge in [-0.2, -0.15) is 4.98 Å². The van der Waals surface area contributed by atoms with Crippen LogP contribution >= 0.6 is 0 Å². The van der Waals surface area contributed by atoms with Crippen LogP contribution in [0.25, 0.3) is 0 Å². The van der Waals surface area contributed by atoms with E-state index < -0.39 is 41.9 Å². The lowest BCUT2D eigenvalue weighted by molar-refractivity contribution is -0.136. The van der Waals surface area contributed by atoms with Crippen LogP contribution in [0.1, 0.15) is 38.9 Å². The normalized spacial score (nSPS) is 25.1. The van der Waals surface area contributed by atoms with Gasteiger partial charge < -0.3 is 20.8 Å². The molecule has 32 heavy (non-hydrogen) atoms. The quantitative estimate of drug-likeness (QED) is 0.242. The van der Waals surface area contributed by atoms with E-state index in [-0.39, 0.29) is 30.0 Å². The second kappa shape index (κ2) is 8.49. The molecule has 2 amide bonds. The van der Waals surface area contributed by atoms with Crippen LogP contribution < -0.4 is 11.4 Å². The number of benzene rings is 1. The Morgan fingerprint density at radius 3 is 2.53 bits per heavy atom. The van der Waals surface area contributed by atoms with Crippen LogP contribution in [0.2, 0.25) is 0 Å². The molecule has 0 bridgehead atoms. The number of aliphatic hydroxyl groups is 1. The molecular weight excluding hydrogens is 422 g/mol. The molecule has 4 atom stereocenters. The molecule has 4 rings (SSSR count). The van der Waals surface area contributed by atoms with Crippen LogP contribution in [-0.4, -0.2) is 61.8 Å². The lowest BCUT2D eigenvalue weighted by Gasteiger charge is -2.20. The molecule has 0 radical (unpaired) electrons. The Balaban J connectivity index is 1.55. The van der Waals surface area contributed by atoms with Gasteiger partial charge in [-0.25, -0.2) is 4.79 Å². The molecule has 0 spiro atoms. The van der Waals surface area contributed by atoms with Gasteiger partial charge in [-0.15, -0.1) is 10.2 Å². The number of anilines is 1. The zero-order valence-electron chi connectivity index (χ0n) is 17.0. The summed E-state index contributed by atoms with van der Waals surface area (Å²) in [7, 11) is 0. The molecule has 1 aromatic carbocycles. The van der Waals surface area contributed by atoms with Crippen LogP contribution in [0.4, 0.5) is 5.82 Å². The molecule has 4 N–H and O–H groups in total. The maximum absolute atomic E-state index is 12.5. The number of oxime groups is 1. The van der Waals surface area contributed by atoms with Gasteiger partial charge in [-0.1, -0.05) is 12.1 Å². The largest absolute Gasteiger partial charge is 0.411 e. The number of hydroxylamine groups is 2. The highest BCUT2D eigenvalue weighted by Crippen LogP contribution is 2.36. The Hall–Kier alpha value is -3.61. The molecule has 2 aliphatic heterocycles. The topological polar surface area (TPSA) is 170 Å². The van der Waals surface area contributed by atoms with E-state index in [0.717, 1.165) is 4.57 Å². The van der Waals surface area contributed by atoms with Crippen molar-refractivity contribution in [1.82, 2.24) is 14.6 Å². The van der Waals surface area contributed by atoms with Crippen molar-refractivity contribution in [2.24, 2.45) is 11.1 Å². The van der Waals surface area contributed by atoms with E-state index in [1.165, 1.54) is 24.5 Å². The fraction of sp³-hybridized carbons (Fsp3) is 0.350. The highest BCUT2D eigenvalue weighted by molar-refractivity contribution is 6.20. The number of aryl methyl sites for hydroxylation is 1. The van der Waals surface area contributed by atoms with E-state index >= 15 is 0 Å². The Morgan fingerprint density at radius 1 is 1.25 bits per heavy atom. The minimum Gasteiger partial charge on any atom is -0.411 e. The van der Waals surface area contributed by atoms with Crippen molar-refractivity contribution >= 4 is 23.8 Å². The molecular formula is C20H21N5O7. The lowest BCUT2D eigenvalue weighted by atomic mass is 9.95. The number of rotatable bonds is 6. The van der Waals surface area contributed by atoms with Crippen molar-refractivity contribution < 1.29 is 29.5 Å². The average Bonchev–Trinajstić information content (AvgIpc) is 3.21. The van der Waals surface area contributed by atoms with Gasteiger partial charge in [0.2, 0.25) is 0 Å². The van der Waals surface area contributed by atoms with Gasteiger partial charge in [0.1, 0.15) is 18.5 Å². The molecule has 12 nitrogen and oxygen atoms in total. The maximum Gasteiger partial charge on any atom is 0.351 e. The van der Waals surface area contributed by atoms with Crippen LogP contribution in [0.5, 0.6) is 0 Å². The van der Waals surface area contributed by atoms with Crippen LogP contribution in [0, 0.1) is 12.8 Å². The number of nitrogens with two attached hydrogens (primary N) is 1. The summed E-state index contributed by atoms with van der Waals surface area (Å²) in [5, 5.41) is 23.2. The van der Waals surface area contributed by atoms with Crippen molar-refractivity contribution in [2.45, 2.75) is 31.8 Å². The van der Waals surface area contributed by atoms with E-state index in [1.807, 2.05) is 0 Å². The molecule has 3 heterocycles. The predicted molar refractivity (Wildman–Crippen MR) is 109 cm³/mol. The molecule has 2 unspecified atom stereocenters. The van der Waals surface area contributed by atoms with Gasteiger partial charge >= 0.3 is 5.69 Å². The number of ether oxygens (including phenoxy) is 1. The van der Waals surface area contributed by atoms with E-state index in [2.05, 4.69) is 10.1 Å². The number of carbonyl (C=O) groups excluding carboxylic acids is 2. The third-order valence-electron chi connectivity index (χ3n) is 5.55. The van der Waals surface area contributed by atoms with Crippen LogP contribution in [-0.2, 0) is 9.57 Å². The molecule has 1 saturated heterocycles. The number of amides is 2. The summed E-state index contributed by atoms with van der Waals surface area (Å²) in [6.07, 6.45) is -0.497. The highest BCUT2D eigenvalue weighted by atomic mass is 16.7. The van der Waals surface area contributed by atoms with Gasteiger partial charge in [0.25, 0.3) is 11.8 Å². The smallest absolute Gasteiger partial charge is 0.351 e. The van der Waals surface area contributed by atoms with Gasteiger partial charge in [-0.3, -0.25) is 19.0 Å². The second-order valence-electron chi connectivity index (χ2n) is 7.50. The SMILES string of the molecule is Cc1cn([C@@H]2O[C@H](CON3C(=O)c4ccccc4C3=O)C(CC=NO)C2O)c(=O)nc1N. The maximum atomic E-state index is 12.5. The number of aliphatic hydroxyl groups excluding tert-OH is 1. The fourth-order valence-corrected chi connectivity index (χ4v) is 3.84. The number of hydrogen-bond acceptors (Lipinski definition) is 10.